The number of rotatable bonds is 5. The van der Waals surface area contributed by atoms with Gasteiger partial charge in [0.05, 0.1) is 12.2 Å². The van der Waals surface area contributed by atoms with E-state index >= 15 is 0 Å². The fraction of sp³-hybridized carbons (Fsp3) is 0.750. The molecule has 0 radical (unpaired) electrons. The van der Waals surface area contributed by atoms with Crippen molar-refractivity contribution in [3.05, 3.63) is 18.0 Å². The molecule has 0 saturated carbocycles. The van der Waals surface area contributed by atoms with Gasteiger partial charge in [0.25, 0.3) is 0 Å². The lowest BCUT2D eigenvalue weighted by molar-refractivity contribution is 0.197. The Balaban J connectivity index is 2.30. The van der Waals surface area contributed by atoms with Crippen LogP contribution in [0.1, 0.15) is 18.5 Å². The summed E-state index contributed by atoms with van der Waals surface area (Å²) < 4.78 is 26.3. The zero-order valence-electron chi connectivity index (χ0n) is 11.9. The first-order valence-electron chi connectivity index (χ1n) is 6.73. The molecule has 20 heavy (non-hydrogen) atoms. The number of thioether (sulfide) groups is 1. The monoisotopic (exact) mass is 318 g/mol. The third-order valence-corrected chi connectivity index (χ3v) is 6.98. The number of hydrogen-bond acceptors (Lipinski definition) is 6. The Morgan fingerprint density at radius 1 is 1.60 bits per heavy atom. The van der Waals surface area contributed by atoms with Crippen LogP contribution in [-0.4, -0.2) is 58.8 Å². The van der Waals surface area contributed by atoms with Crippen molar-refractivity contribution in [2.75, 3.05) is 30.3 Å². The maximum Gasteiger partial charge on any atom is 0.166 e. The van der Waals surface area contributed by atoms with Crippen molar-refractivity contribution in [3.63, 3.8) is 0 Å². The number of hydrogen-bond donors (Lipinski definition) is 1. The Kier molecular flexibility index (Phi) is 5.11. The average Bonchev–Trinajstić information content (AvgIpc) is 2.86. The highest BCUT2D eigenvalue weighted by Crippen LogP contribution is 2.29. The molecule has 1 aliphatic heterocycles. The van der Waals surface area contributed by atoms with Gasteiger partial charge in [-0.3, -0.25) is 9.58 Å². The van der Waals surface area contributed by atoms with Gasteiger partial charge in [0, 0.05) is 49.2 Å². The molecule has 6 nitrogen and oxygen atoms in total. The number of nitrogens with zero attached hydrogens (tertiary/aromatic N) is 3. The summed E-state index contributed by atoms with van der Waals surface area (Å²) in [6.45, 7) is 2.84. The van der Waals surface area contributed by atoms with Crippen LogP contribution >= 0.6 is 11.8 Å². The Hall–Kier alpha value is -0.570. The van der Waals surface area contributed by atoms with E-state index in [0.717, 1.165) is 17.9 Å². The molecule has 0 amide bonds. The van der Waals surface area contributed by atoms with Gasteiger partial charge < -0.3 is 5.73 Å². The second-order valence-electron chi connectivity index (χ2n) is 4.92. The van der Waals surface area contributed by atoms with Gasteiger partial charge in [-0.2, -0.15) is 16.9 Å². The Morgan fingerprint density at radius 2 is 2.35 bits per heavy atom. The fourth-order valence-electron chi connectivity index (χ4n) is 2.53. The first-order valence-corrected chi connectivity index (χ1v) is 9.60. The molecule has 1 aliphatic rings. The summed E-state index contributed by atoms with van der Waals surface area (Å²) in [5.41, 5.74) is 6.90. The highest BCUT2D eigenvalue weighted by atomic mass is 32.2. The minimum atomic E-state index is -3.10. The molecule has 2 N–H and O–H groups in total. The van der Waals surface area contributed by atoms with Crippen LogP contribution in [0.5, 0.6) is 0 Å². The van der Waals surface area contributed by atoms with Crippen LogP contribution in [-0.2, 0) is 16.9 Å². The van der Waals surface area contributed by atoms with Crippen molar-refractivity contribution in [3.8, 4) is 0 Å². The fourth-order valence-corrected chi connectivity index (χ4v) is 5.60. The molecule has 0 aromatic carbocycles. The van der Waals surface area contributed by atoms with Gasteiger partial charge in [0.1, 0.15) is 5.37 Å². The average molecular weight is 318 g/mol. The second-order valence-corrected chi connectivity index (χ2v) is 8.51. The Morgan fingerprint density at radius 3 is 2.90 bits per heavy atom. The summed E-state index contributed by atoms with van der Waals surface area (Å²) in [6, 6.07) is -0.0871. The van der Waals surface area contributed by atoms with E-state index in [-0.39, 0.29) is 11.8 Å². The molecule has 2 unspecified atom stereocenters. The van der Waals surface area contributed by atoms with E-state index in [0.29, 0.717) is 12.3 Å². The van der Waals surface area contributed by atoms with Gasteiger partial charge in [0.15, 0.2) is 9.84 Å². The normalized spacial score (nSPS) is 22.9. The van der Waals surface area contributed by atoms with E-state index in [1.165, 1.54) is 0 Å². The van der Waals surface area contributed by atoms with Gasteiger partial charge >= 0.3 is 0 Å². The predicted molar refractivity (Wildman–Crippen MR) is 82.3 cm³/mol. The highest BCUT2D eigenvalue weighted by Gasteiger charge is 2.37. The van der Waals surface area contributed by atoms with Gasteiger partial charge in [-0.05, 0) is 0 Å². The number of aryl methyl sites for hydroxylation is 1. The van der Waals surface area contributed by atoms with Gasteiger partial charge in [-0.15, -0.1) is 0 Å². The molecule has 2 heterocycles. The third-order valence-electron chi connectivity index (χ3n) is 3.67. The van der Waals surface area contributed by atoms with Crippen LogP contribution in [0.2, 0.25) is 0 Å². The smallest absolute Gasteiger partial charge is 0.166 e. The molecule has 114 valence electrons. The topological polar surface area (TPSA) is 81.2 Å². The van der Waals surface area contributed by atoms with Crippen molar-refractivity contribution in [2.24, 2.45) is 12.8 Å². The highest BCUT2D eigenvalue weighted by molar-refractivity contribution is 8.01. The molecule has 2 atom stereocenters. The number of nitrogens with two attached hydrogens (primary N) is 1. The molecule has 0 spiro atoms. The molecule has 0 bridgehead atoms. The summed E-state index contributed by atoms with van der Waals surface area (Å²) >= 11 is 1.69. The Bertz CT molecular complexity index is 543. The van der Waals surface area contributed by atoms with Crippen molar-refractivity contribution >= 4 is 21.6 Å². The number of sulfone groups is 1. The molecule has 0 aliphatic carbocycles. The molecule has 1 saturated heterocycles. The van der Waals surface area contributed by atoms with E-state index in [4.69, 9.17) is 5.73 Å². The molecule has 1 aromatic heterocycles. The molecule has 1 fully saturated rings. The second kappa shape index (κ2) is 6.46. The van der Waals surface area contributed by atoms with Crippen molar-refractivity contribution < 1.29 is 8.42 Å². The minimum absolute atomic E-state index is 0.0871. The van der Waals surface area contributed by atoms with Crippen LogP contribution in [0.4, 0.5) is 0 Å². The van der Waals surface area contributed by atoms with Gasteiger partial charge in [0.2, 0.25) is 0 Å². The summed E-state index contributed by atoms with van der Waals surface area (Å²) in [5, 5.41) is 3.72. The molecular weight excluding hydrogens is 296 g/mol. The molecular formula is C12H22N4O2S2. The van der Waals surface area contributed by atoms with Crippen LogP contribution < -0.4 is 5.73 Å². The van der Waals surface area contributed by atoms with E-state index < -0.39 is 15.2 Å². The summed E-state index contributed by atoms with van der Waals surface area (Å²) in [6.07, 6.45) is 3.68. The molecule has 8 heteroatoms. The van der Waals surface area contributed by atoms with Crippen LogP contribution in [0.3, 0.4) is 0 Å². The first kappa shape index (κ1) is 15.8. The van der Waals surface area contributed by atoms with E-state index in [9.17, 15) is 8.42 Å². The zero-order valence-corrected chi connectivity index (χ0v) is 13.5. The molecule has 1 aromatic rings. The lowest BCUT2D eigenvalue weighted by Gasteiger charge is -2.39. The summed E-state index contributed by atoms with van der Waals surface area (Å²) in [5.74, 6) is 1.72. The van der Waals surface area contributed by atoms with Crippen molar-refractivity contribution in [1.29, 1.82) is 0 Å². The van der Waals surface area contributed by atoms with Gasteiger partial charge in [-0.1, -0.05) is 6.92 Å². The quantitative estimate of drug-likeness (QED) is 0.837. The first-order chi connectivity index (χ1) is 9.49. The lowest BCUT2D eigenvalue weighted by Crippen LogP contribution is -2.50. The maximum atomic E-state index is 12.3. The van der Waals surface area contributed by atoms with Crippen molar-refractivity contribution in [1.82, 2.24) is 14.7 Å². The maximum absolute atomic E-state index is 12.3. The lowest BCUT2D eigenvalue weighted by atomic mass is 10.1. The van der Waals surface area contributed by atoms with E-state index in [1.54, 1.807) is 29.6 Å². The van der Waals surface area contributed by atoms with Crippen LogP contribution in [0, 0.1) is 0 Å². The Labute approximate surface area is 124 Å². The van der Waals surface area contributed by atoms with Crippen LogP contribution in [0.15, 0.2) is 12.4 Å². The predicted octanol–water partition coefficient (Wildman–Crippen LogP) is 0.230. The SMILES string of the molecule is CCS(=O)(=O)C1CSCCN1C(CN)c1cnn(C)c1. The van der Waals surface area contributed by atoms with E-state index in [2.05, 4.69) is 5.10 Å². The third kappa shape index (κ3) is 3.19. The van der Waals surface area contributed by atoms with Gasteiger partial charge in [-0.25, -0.2) is 8.42 Å². The largest absolute Gasteiger partial charge is 0.329 e. The standard InChI is InChI=1S/C12H22N4O2S2/c1-3-20(17,18)12-9-19-5-4-16(12)11(6-13)10-7-14-15(2)8-10/h7-8,11-12H,3-6,9,13H2,1-2H3. The van der Waals surface area contributed by atoms with Crippen molar-refractivity contribution in [2.45, 2.75) is 18.3 Å². The summed E-state index contributed by atoms with van der Waals surface area (Å²) in [7, 11) is -1.25. The summed E-state index contributed by atoms with van der Waals surface area (Å²) in [4.78, 5) is 2.03. The minimum Gasteiger partial charge on any atom is -0.329 e. The zero-order chi connectivity index (χ0) is 14.8. The van der Waals surface area contributed by atoms with Crippen LogP contribution in [0.25, 0.3) is 0 Å². The van der Waals surface area contributed by atoms with E-state index in [1.807, 2.05) is 18.1 Å². The molecule has 2 rings (SSSR count). The number of aromatic nitrogens is 2.